The van der Waals surface area contributed by atoms with Crippen molar-refractivity contribution in [2.75, 3.05) is 6.61 Å². The third-order valence-corrected chi connectivity index (χ3v) is 2.82. The molecule has 20 heavy (non-hydrogen) atoms. The normalized spacial score (nSPS) is 11.8. The van der Waals surface area contributed by atoms with Crippen LogP contribution < -0.4 is 0 Å². The van der Waals surface area contributed by atoms with Gasteiger partial charge in [-0.15, -0.1) is 0 Å². The lowest BCUT2D eigenvalue weighted by Gasteiger charge is -2.19. The number of fused-ring (bicyclic) bond motifs is 1. The molecule has 0 aliphatic rings. The number of hydrogen-bond donors (Lipinski definition) is 1. The molecule has 0 saturated carbocycles. The van der Waals surface area contributed by atoms with Crippen molar-refractivity contribution in [2.45, 2.75) is 32.8 Å². The summed E-state index contributed by atoms with van der Waals surface area (Å²) in [6.07, 6.45) is 1.43. The molecule has 5 heteroatoms. The molecule has 0 aliphatic carbocycles. The number of hydrogen-bond acceptors (Lipinski definition) is 3. The number of rotatable bonds is 2. The maximum atomic E-state index is 13.4. The Morgan fingerprint density at radius 3 is 2.70 bits per heavy atom. The van der Waals surface area contributed by atoms with E-state index in [0.717, 1.165) is 0 Å². The Bertz CT molecular complexity index is 640. The second-order valence-electron chi connectivity index (χ2n) is 5.64. The van der Waals surface area contributed by atoms with Crippen molar-refractivity contribution in [2.24, 2.45) is 0 Å². The number of nitrogens with zero attached hydrogens (tertiary/aromatic N) is 1. The second kappa shape index (κ2) is 5.25. The van der Waals surface area contributed by atoms with Crippen LogP contribution in [0.25, 0.3) is 10.9 Å². The molecule has 108 valence electrons. The predicted octanol–water partition coefficient (Wildman–Crippen LogP) is 3.10. The molecule has 0 atom stereocenters. The standard InChI is InChI=1S/C15H18FNO3/c1-15(2,3)20-14(19)17-9-10(6-7-18)12-8-11(16)4-5-13(12)17/h4-5,8-9,18H,6-7H2,1-3H3. The van der Waals surface area contributed by atoms with Gasteiger partial charge in [0.25, 0.3) is 0 Å². The zero-order chi connectivity index (χ0) is 14.9. The highest BCUT2D eigenvalue weighted by Crippen LogP contribution is 2.24. The Morgan fingerprint density at radius 2 is 2.10 bits per heavy atom. The molecular formula is C15H18FNO3. The summed E-state index contributed by atoms with van der Waals surface area (Å²) in [6, 6.07) is 4.20. The van der Waals surface area contributed by atoms with Crippen LogP contribution in [0.5, 0.6) is 0 Å². The topological polar surface area (TPSA) is 51.5 Å². The minimum absolute atomic E-state index is 0.0655. The maximum Gasteiger partial charge on any atom is 0.419 e. The molecule has 1 aromatic carbocycles. The molecule has 0 radical (unpaired) electrons. The van der Waals surface area contributed by atoms with Gasteiger partial charge in [0.2, 0.25) is 0 Å². The molecule has 2 aromatic rings. The number of halogens is 1. The summed E-state index contributed by atoms with van der Waals surface area (Å²) in [5.74, 6) is -0.376. The summed E-state index contributed by atoms with van der Waals surface area (Å²) in [6.45, 7) is 5.28. The van der Waals surface area contributed by atoms with E-state index >= 15 is 0 Å². The van der Waals surface area contributed by atoms with E-state index in [2.05, 4.69) is 0 Å². The summed E-state index contributed by atoms with van der Waals surface area (Å²) < 4.78 is 20.0. The number of carbonyl (C=O) groups excluding carboxylic acids is 1. The molecule has 0 unspecified atom stereocenters. The minimum atomic E-state index is -0.606. The van der Waals surface area contributed by atoms with Gasteiger partial charge in [-0.2, -0.15) is 0 Å². The number of carbonyl (C=O) groups is 1. The summed E-state index contributed by atoms with van der Waals surface area (Å²) in [5, 5.41) is 9.68. The van der Waals surface area contributed by atoms with Gasteiger partial charge in [0.15, 0.2) is 0 Å². The Morgan fingerprint density at radius 1 is 1.40 bits per heavy atom. The van der Waals surface area contributed by atoms with Gasteiger partial charge in [0.05, 0.1) is 5.52 Å². The Balaban J connectivity index is 2.51. The van der Waals surface area contributed by atoms with E-state index in [1.807, 2.05) is 0 Å². The second-order valence-corrected chi connectivity index (χ2v) is 5.64. The zero-order valence-corrected chi connectivity index (χ0v) is 11.8. The van der Waals surface area contributed by atoms with Crippen LogP contribution in [0.3, 0.4) is 0 Å². The largest absolute Gasteiger partial charge is 0.443 e. The lowest BCUT2D eigenvalue weighted by atomic mass is 10.1. The van der Waals surface area contributed by atoms with E-state index in [-0.39, 0.29) is 12.4 Å². The average Bonchev–Trinajstić information content (AvgIpc) is 2.66. The number of aliphatic hydroxyl groups excluding tert-OH is 1. The third kappa shape index (κ3) is 2.99. The van der Waals surface area contributed by atoms with Crippen molar-refractivity contribution in [3.63, 3.8) is 0 Å². The van der Waals surface area contributed by atoms with E-state index in [1.54, 1.807) is 27.0 Å². The lowest BCUT2D eigenvalue weighted by molar-refractivity contribution is 0.0544. The van der Waals surface area contributed by atoms with Gasteiger partial charge in [0, 0.05) is 18.2 Å². The number of ether oxygens (including phenoxy) is 1. The molecule has 0 bridgehead atoms. The van der Waals surface area contributed by atoms with Crippen molar-refractivity contribution >= 4 is 17.0 Å². The first-order valence-electron chi connectivity index (χ1n) is 6.45. The fraction of sp³-hybridized carbons (Fsp3) is 0.400. The molecule has 1 N–H and O–H groups in total. The van der Waals surface area contributed by atoms with Gasteiger partial charge in [0.1, 0.15) is 11.4 Å². The molecule has 2 rings (SSSR count). The van der Waals surface area contributed by atoms with Crippen molar-refractivity contribution < 1.29 is 19.0 Å². The van der Waals surface area contributed by atoms with Crippen LogP contribution in [0.2, 0.25) is 0 Å². The van der Waals surface area contributed by atoms with Gasteiger partial charge in [-0.1, -0.05) is 0 Å². The summed E-state index contributed by atoms with van der Waals surface area (Å²) >= 11 is 0. The fourth-order valence-electron chi connectivity index (χ4n) is 2.05. The number of aromatic nitrogens is 1. The quantitative estimate of drug-likeness (QED) is 0.919. The summed E-state index contributed by atoms with van der Waals surface area (Å²) in [5.41, 5.74) is 0.683. The monoisotopic (exact) mass is 279 g/mol. The highest BCUT2D eigenvalue weighted by atomic mass is 19.1. The molecule has 4 nitrogen and oxygen atoms in total. The smallest absolute Gasteiger partial charge is 0.419 e. The third-order valence-electron chi connectivity index (χ3n) is 2.82. The van der Waals surface area contributed by atoms with Gasteiger partial charge < -0.3 is 9.84 Å². The van der Waals surface area contributed by atoms with E-state index in [4.69, 9.17) is 9.84 Å². The Labute approximate surface area is 116 Å². The van der Waals surface area contributed by atoms with Crippen LogP contribution in [0, 0.1) is 5.82 Å². The van der Waals surface area contributed by atoms with Crippen molar-refractivity contribution in [1.29, 1.82) is 0 Å². The zero-order valence-electron chi connectivity index (χ0n) is 11.8. The predicted molar refractivity (Wildman–Crippen MR) is 74.3 cm³/mol. The van der Waals surface area contributed by atoms with E-state index in [9.17, 15) is 9.18 Å². The first-order valence-corrected chi connectivity index (χ1v) is 6.45. The Kier molecular flexibility index (Phi) is 3.81. The van der Waals surface area contributed by atoms with Crippen molar-refractivity contribution in [3.8, 4) is 0 Å². The van der Waals surface area contributed by atoms with Gasteiger partial charge in [-0.05, 0) is 51.0 Å². The fourth-order valence-corrected chi connectivity index (χ4v) is 2.05. The van der Waals surface area contributed by atoms with Crippen LogP contribution in [0.4, 0.5) is 9.18 Å². The first-order chi connectivity index (χ1) is 9.31. The number of benzene rings is 1. The van der Waals surface area contributed by atoms with E-state index < -0.39 is 11.7 Å². The van der Waals surface area contributed by atoms with E-state index in [0.29, 0.717) is 22.9 Å². The SMILES string of the molecule is CC(C)(C)OC(=O)n1cc(CCO)c2cc(F)ccc21. The van der Waals surface area contributed by atoms with Crippen LogP contribution >= 0.6 is 0 Å². The molecule has 1 heterocycles. The summed E-state index contributed by atoms with van der Waals surface area (Å²) in [4.78, 5) is 12.2. The van der Waals surface area contributed by atoms with Crippen LogP contribution in [0.15, 0.2) is 24.4 Å². The van der Waals surface area contributed by atoms with Crippen LogP contribution in [-0.2, 0) is 11.2 Å². The molecule has 0 amide bonds. The van der Waals surface area contributed by atoms with Crippen LogP contribution in [-0.4, -0.2) is 28.0 Å². The minimum Gasteiger partial charge on any atom is -0.443 e. The molecule has 1 aromatic heterocycles. The van der Waals surface area contributed by atoms with E-state index in [1.165, 1.54) is 22.8 Å². The van der Waals surface area contributed by atoms with Crippen molar-refractivity contribution in [3.05, 3.63) is 35.8 Å². The molecule has 0 fully saturated rings. The van der Waals surface area contributed by atoms with Gasteiger partial charge in [-0.25, -0.2) is 9.18 Å². The van der Waals surface area contributed by atoms with Crippen LogP contribution in [0.1, 0.15) is 26.3 Å². The average molecular weight is 279 g/mol. The number of aliphatic hydroxyl groups is 1. The highest BCUT2D eigenvalue weighted by molar-refractivity contribution is 5.92. The Hall–Kier alpha value is -1.88. The molecular weight excluding hydrogens is 261 g/mol. The van der Waals surface area contributed by atoms with Crippen molar-refractivity contribution in [1.82, 2.24) is 4.57 Å². The van der Waals surface area contributed by atoms with Gasteiger partial charge >= 0.3 is 6.09 Å². The first kappa shape index (κ1) is 14.5. The maximum absolute atomic E-state index is 13.4. The highest BCUT2D eigenvalue weighted by Gasteiger charge is 2.20. The molecule has 0 saturated heterocycles. The molecule has 0 aliphatic heterocycles. The lowest BCUT2D eigenvalue weighted by Crippen LogP contribution is -2.26. The molecule has 0 spiro atoms. The van der Waals surface area contributed by atoms with Gasteiger partial charge in [-0.3, -0.25) is 4.57 Å². The summed E-state index contributed by atoms with van der Waals surface area (Å²) in [7, 11) is 0.